The number of hydrogen-bond acceptors (Lipinski definition) is 4. The van der Waals surface area contributed by atoms with E-state index < -0.39 is 5.91 Å². The number of nitrogens with zero attached hydrogens (tertiary/aromatic N) is 1. The third-order valence-corrected chi connectivity index (χ3v) is 3.36. The first-order chi connectivity index (χ1) is 11.1. The molecule has 3 rings (SSSR count). The summed E-state index contributed by atoms with van der Waals surface area (Å²) >= 11 is 0. The van der Waals surface area contributed by atoms with Crippen LogP contribution in [0.2, 0.25) is 0 Å². The van der Waals surface area contributed by atoms with Crippen molar-refractivity contribution in [3.8, 4) is 11.3 Å². The van der Waals surface area contributed by atoms with Crippen molar-refractivity contribution < 1.29 is 14.1 Å². The van der Waals surface area contributed by atoms with Crippen LogP contribution in [0.4, 0.5) is 5.69 Å². The molecule has 23 heavy (non-hydrogen) atoms. The number of rotatable bonds is 4. The molecule has 0 bridgehead atoms. The van der Waals surface area contributed by atoms with Crippen LogP contribution in [0.5, 0.6) is 0 Å². The lowest BCUT2D eigenvalue weighted by molar-refractivity contribution is 0.0988. The van der Waals surface area contributed by atoms with Crippen molar-refractivity contribution in [3.63, 3.8) is 0 Å². The molecule has 0 spiro atoms. The second-order valence-electron chi connectivity index (χ2n) is 5.00. The Bertz CT molecular complexity index is 853. The second-order valence-corrected chi connectivity index (χ2v) is 5.00. The van der Waals surface area contributed by atoms with Crippen LogP contribution in [0.1, 0.15) is 27.8 Å². The van der Waals surface area contributed by atoms with Crippen LogP contribution in [0.3, 0.4) is 0 Å². The molecule has 1 N–H and O–H groups in total. The second kappa shape index (κ2) is 6.27. The van der Waals surface area contributed by atoms with Gasteiger partial charge in [-0.2, -0.15) is 0 Å². The Morgan fingerprint density at radius 3 is 2.43 bits per heavy atom. The summed E-state index contributed by atoms with van der Waals surface area (Å²) in [6, 6.07) is 17.8. The lowest BCUT2D eigenvalue weighted by Crippen LogP contribution is -2.13. The van der Waals surface area contributed by atoms with E-state index in [-0.39, 0.29) is 11.5 Å². The summed E-state index contributed by atoms with van der Waals surface area (Å²) in [6.45, 7) is 1.45. The molecule has 0 fully saturated rings. The molecule has 0 unspecified atom stereocenters. The molecule has 5 nitrogen and oxygen atoms in total. The SMILES string of the molecule is CC(=O)c1ccccc1NC(=O)c1cc(-c2ccccc2)no1. The highest BCUT2D eigenvalue weighted by Crippen LogP contribution is 2.20. The van der Waals surface area contributed by atoms with Crippen LogP contribution in [0.25, 0.3) is 11.3 Å². The Morgan fingerprint density at radius 2 is 1.70 bits per heavy atom. The lowest BCUT2D eigenvalue weighted by atomic mass is 10.1. The molecule has 2 aromatic carbocycles. The van der Waals surface area contributed by atoms with Crippen molar-refractivity contribution in [2.45, 2.75) is 6.92 Å². The minimum absolute atomic E-state index is 0.0854. The molecule has 5 heteroatoms. The summed E-state index contributed by atoms with van der Waals surface area (Å²) in [4.78, 5) is 23.9. The van der Waals surface area contributed by atoms with E-state index >= 15 is 0 Å². The molecule has 0 aliphatic rings. The normalized spacial score (nSPS) is 10.3. The van der Waals surface area contributed by atoms with Gasteiger partial charge in [-0.25, -0.2) is 0 Å². The highest BCUT2D eigenvalue weighted by atomic mass is 16.5. The van der Waals surface area contributed by atoms with Gasteiger partial charge in [-0.3, -0.25) is 9.59 Å². The van der Waals surface area contributed by atoms with Crippen LogP contribution >= 0.6 is 0 Å². The fraction of sp³-hybridized carbons (Fsp3) is 0.0556. The maximum Gasteiger partial charge on any atom is 0.294 e. The van der Waals surface area contributed by atoms with Crippen LogP contribution in [-0.2, 0) is 0 Å². The van der Waals surface area contributed by atoms with Gasteiger partial charge < -0.3 is 9.84 Å². The first-order valence-corrected chi connectivity index (χ1v) is 7.08. The zero-order valence-corrected chi connectivity index (χ0v) is 12.4. The summed E-state index contributed by atoms with van der Waals surface area (Å²) in [7, 11) is 0. The molecule has 3 aromatic rings. The summed E-state index contributed by atoms with van der Waals surface area (Å²) < 4.78 is 5.11. The van der Waals surface area contributed by atoms with E-state index in [0.29, 0.717) is 16.9 Å². The summed E-state index contributed by atoms with van der Waals surface area (Å²) in [5, 5.41) is 6.58. The summed E-state index contributed by atoms with van der Waals surface area (Å²) in [6.07, 6.45) is 0. The highest BCUT2D eigenvalue weighted by Gasteiger charge is 2.16. The van der Waals surface area contributed by atoms with Crippen molar-refractivity contribution in [1.29, 1.82) is 0 Å². The average Bonchev–Trinajstić information content (AvgIpc) is 3.06. The maximum atomic E-state index is 12.3. The molecule has 0 saturated carbocycles. The average molecular weight is 306 g/mol. The van der Waals surface area contributed by atoms with E-state index in [1.165, 1.54) is 6.92 Å². The van der Waals surface area contributed by atoms with Gasteiger partial charge >= 0.3 is 0 Å². The topological polar surface area (TPSA) is 72.2 Å². The predicted octanol–water partition coefficient (Wildman–Crippen LogP) is 3.80. The van der Waals surface area contributed by atoms with E-state index in [0.717, 1.165) is 5.56 Å². The number of ketones is 1. The molecule has 1 heterocycles. The molecule has 0 aliphatic carbocycles. The molecule has 1 amide bonds. The zero-order valence-electron chi connectivity index (χ0n) is 12.4. The number of Topliss-reactive ketones (excluding diaryl/α,β-unsaturated/α-hetero) is 1. The predicted molar refractivity (Wildman–Crippen MR) is 86.3 cm³/mol. The Labute approximate surface area is 132 Å². The Balaban J connectivity index is 1.83. The van der Waals surface area contributed by atoms with Crippen LogP contribution < -0.4 is 5.32 Å². The number of carbonyl (C=O) groups excluding carboxylic acids is 2. The van der Waals surface area contributed by atoms with E-state index in [1.54, 1.807) is 30.3 Å². The molecular weight excluding hydrogens is 292 g/mol. The van der Waals surface area contributed by atoms with E-state index in [4.69, 9.17) is 4.52 Å². The number of carbonyl (C=O) groups is 2. The van der Waals surface area contributed by atoms with E-state index in [2.05, 4.69) is 10.5 Å². The van der Waals surface area contributed by atoms with Crippen molar-refractivity contribution in [1.82, 2.24) is 5.16 Å². The monoisotopic (exact) mass is 306 g/mol. The number of nitrogens with one attached hydrogen (secondary N) is 1. The molecule has 0 saturated heterocycles. The number of anilines is 1. The summed E-state index contributed by atoms with van der Waals surface area (Å²) in [5.41, 5.74) is 2.33. The Morgan fingerprint density at radius 1 is 1.00 bits per heavy atom. The van der Waals surface area contributed by atoms with Gasteiger partial charge in [-0.1, -0.05) is 47.6 Å². The smallest absolute Gasteiger partial charge is 0.294 e. The molecule has 1 aromatic heterocycles. The number of aromatic nitrogens is 1. The van der Waals surface area contributed by atoms with Gasteiger partial charge in [0.2, 0.25) is 5.76 Å². The fourth-order valence-corrected chi connectivity index (χ4v) is 2.21. The van der Waals surface area contributed by atoms with Gasteiger partial charge in [0.1, 0.15) is 5.69 Å². The van der Waals surface area contributed by atoms with Crippen molar-refractivity contribution in [3.05, 3.63) is 72.0 Å². The fourth-order valence-electron chi connectivity index (χ4n) is 2.21. The molecule has 0 aliphatic heterocycles. The standard InChI is InChI=1S/C18H14N2O3/c1-12(21)14-9-5-6-10-15(14)19-18(22)17-11-16(20-23-17)13-7-3-2-4-8-13/h2-11H,1H3,(H,19,22). The molecule has 0 radical (unpaired) electrons. The molecular formula is C18H14N2O3. The largest absolute Gasteiger partial charge is 0.350 e. The van der Waals surface area contributed by atoms with Gasteiger partial charge in [-0.15, -0.1) is 0 Å². The molecule has 0 atom stereocenters. The number of amides is 1. The Kier molecular flexibility index (Phi) is 4.01. The van der Waals surface area contributed by atoms with Crippen molar-refractivity contribution in [2.75, 3.05) is 5.32 Å². The van der Waals surface area contributed by atoms with Gasteiger partial charge in [0.25, 0.3) is 5.91 Å². The van der Waals surface area contributed by atoms with Gasteiger partial charge in [-0.05, 0) is 19.1 Å². The van der Waals surface area contributed by atoms with Crippen molar-refractivity contribution >= 4 is 17.4 Å². The summed E-state index contributed by atoms with van der Waals surface area (Å²) in [5.74, 6) is -0.487. The first kappa shape index (κ1) is 14.7. The van der Waals surface area contributed by atoms with E-state index in [1.807, 2.05) is 30.3 Å². The zero-order chi connectivity index (χ0) is 16.2. The quantitative estimate of drug-likeness (QED) is 0.744. The minimum Gasteiger partial charge on any atom is -0.350 e. The highest BCUT2D eigenvalue weighted by molar-refractivity contribution is 6.08. The van der Waals surface area contributed by atoms with E-state index in [9.17, 15) is 9.59 Å². The van der Waals surface area contributed by atoms with Crippen LogP contribution in [0, 0.1) is 0 Å². The van der Waals surface area contributed by atoms with Gasteiger partial charge in [0, 0.05) is 17.2 Å². The number of benzene rings is 2. The lowest BCUT2D eigenvalue weighted by Gasteiger charge is -2.06. The van der Waals surface area contributed by atoms with Crippen LogP contribution in [0.15, 0.2) is 65.2 Å². The third-order valence-electron chi connectivity index (χ3n) is 3.36. The Hall–Kier alpha value is -3.21. The van der Waals surface area contributed by atoms with Crippen LogP contribution in [-0.4, -0.2) is 16.8 Å². The van der Waals surface area contributed by atoms with Crippen molar-refractivity contribution in [2.24, 2.45) is 0 Å². The molecule has 114 valence electrons. The number of hydrogen-bond donors (Lipinski definition) is 1. The maximum absolute atomic E-state index is 12.3. The minimum atomic E-state index is -0.451. The van der Waals surface area contributed by atoms with Gasteiger partial charge in [0.05, 0.1) is 5.69 Å². The first-order valence-electron chi connectivity index (χ1n) is 7.08. The third kappa shape index (κ3) is 3.18. The number of para-hydroxylation sites is 1. The van der Waals surface area contributed by atoms with Gasteiger partial charge in [0.15, 0.2) is 5.78 Å².